The minimum absolute atomic E-state index is 1.29. The van der Waals surface area contributed by atoms with Crippen molar-refractivity contribution in [2.45, 2.75) is 9.79 Å². The van der Waals surface area contributed by atoms with Crippen LogP contribution in [0.15, 0.2) is 131 Å². The van der Waals surface area contributed by atoms with Crippen LogP contribution in [0.1, 0.15) is 0 Å². The van der Waals surface area contributed by atoms with Gasteiger partial charge in [0.25, 0.3) is 0 Å². The molecule has 1 aliphatic rings. The van der Waals surface area contributed by atoms with Gasteiger partial charge in [0.05, 0.1) is 0 Å². The Morgan fingerprint density at radius 3 is 1.83 bits per heavy atom. The zero-order chi connectivity index (χ0) is 23.6. The van der Waals surface area contributed by atoms with E-state index in [-0.39, 0.29) is 0 Å². The predicted octanol–water partition coefficient (Wildman–Crippen LogP) is 10.7. The van der Waals surface area contributed by atoms with E-state index < -0.39 is 0 Å². The molecule has 0 amide bonds. The van der Waals surface area contributed by atoms with Crippen LogP contribution in [0.25, 0.3) is 64.3 Å². The van der Waals surface area contributed by atoms with E-state index in [0.29, 0.717) is 0 Å². The minimum atomic E-state index is 1.29. The van der Waals surface area contributed by atoms with Gasteiger partial charge in [-0.05, 0) is 63.0 Å². The molecule has 0 atom stereocenters. The van der Waals surface area contributed by atoms with Crippen molar-refractivity contribution in [2.24, 2.45) is 0 Å². The molecule has 6 aromatic carbocycles. The standard InChI is InChI=1S/C34H20S2/c1-2-10-22(25-15-8-18-31-34(25)28-12-4-6-17-30(28)36-31)21(9-1)23-19-20-32-33-26(23)13-7-14-27(33)24-11-3-5-16-29(24)35-32/h1-20H. The fourth-order valence-corrected chi connectivity index (χ4v) is 8.03. The first-order valence-corrected chi connectivity index (χ1v) is 13.8. The Morgan fingerprint density at radius 1 is 0.333 bits per heavy atom. The van der Waals surface area contributed by atoms with Crippen LogP contribution in [-0.2, 0) is 0 Å². The fourth-order valence-electron chi connectivity index (χ4n) is 5.77. The van der Waals surface area contributed by atoms with E-state index in [1.165, 1.54) is 74.1 Å². The topological polar surface area (TPSA) is 0 Å². The first-order valence-electron chi connectivity index (χ1n) is 12.2. The summed E-state index contributed by atoms with van der Waals surface area (Å²) in [7, 11) is 0. The molecule has 0 unspecified atom stereocenters. The van der Waals surface area contributed by atoms with Crippen molar-refractivity contribution in [3.05, 3.63) is 121 Å². The summed E-state index contributed by atoms with van der Waals surface area (Å²) >= 11 is 3.77. The van der Waals surface area contributed by atoms with Gasteiger partial charge in [0.1, 0.15) is 0 Å². The lowest BCUT2D eigenvalue weighted by atomic mass is 9.88. The van der Waals surface area contributed by atoms with Gasteiger partial charge in [-0.25, -0.2) is 0 Å². The second-order valence-electron chi connectivity index (χ2n) is 9.26. The molecule has 0 saturated carbocycles. The highest BCUT2D eigenvalue weighted by atomic mass is 32.2. The maximum Gasteiger partial charge on any atom is 0.0361 e. The van der Waals surface area contributed by atoms with Crippen LogP contribution < -0.4 is 0 Å². The van der Waals surface area contributed by atoms with Gasteiger partial charge in [-0.1, -0.05) is 109 Å². The van der Waals surface area contributed by atoms with Crippen LogP contribution in [0.4, 0.5) is 0 Å². The van der Waals surface area contributed by atoms with Crippen molar-refractivity contribution in [3.8, 4) is 33.4 Å². The summed E-state index contributed by atoms with van der Waals surface area (Å²) in [6.45, 7) is 0. The molecule has 0 N–H and O–H groups in total. The average Bonchev–Trinajstić information content (AvgIpc) is 3.32. The molecule has 0 radical (unpaired) electrons. The van der Waals surface area contributed by atoms with Crippen LogP contribution in [0.2, 0.25) is 0 Å². The van der Waals surface area contributed by atoms with Gasteiger partial charge in [-0.2, -0.15) is 0 Å². The summed E-state index contributed by atoms with van der Waals surface area (Å²) in [5.41, 5.74) is 7.84. The molecule has 0 nitrogen and oxygen atoms in total. The van der Waals surface area contributed by atoms with Crippen LogP contribution in [0.3, 0.4) is 0 Å². The number of rotatable bonds is 2. The van der Waals surface area contributed by atoms with Gasteiger partial charge in [0, 0.05) is 35.3 Å². The molecule has 7 aromatic rings. The highest BCUT2D eigenvalue weighted by Crippen LogP contribution is 2.50. The van der Waals surface area contributed by atoms with Crippen molar-refractivity contribution in [1.29, 1.82) is 0 Å². The van der Waals surface area contributed by atoms with Crippen LogP contribution in [-0.4, -0.2) is 0 Å². The zero-order valence-electron chi connectivity index (χ0n) is 19.4. The third-order valence-electron chi connectivity index (χ3n) is 7.31. The Morgan fingerprint density at radius 2 is 0.944 bits per heavy atom. The molecule has 0 saturated heterocycles. The lowest BCUT2D eigenvalue weighted by Crippen LogP contribution is -1.94. The molecule has 36 heavy (non-hydrogen) atoms. The van der Waals surface area contributed by atoms with E-state index >= 15 is 0 Å². The molecule has 8 rings (SSSR count). The highest BCUT2D eigenvalue weighted by molar-refractivity contribution is 7.99. The van der Waals surface area contributed by atoms with Crippen molar-refractivity contribution in [1.82, 2.24) is 0 Å². The summed E-state index contributed by atoms with van der Waals surface area (Å²) in [4.78, 5) is 2.67. The predicted molar refractivity (Wildman–Crippen MR) is 157 cm³/mol. The van der Waals surface area contributed by atoms with E-state index in [1.54, 1.807) is 0 Å². The van der Waals surface area contributed by atoms with E-state index in [4.69, 9.17) is 0 Å². The SMILES string of the molecule is c1ccc2c(c1)Sc1ccc(-c3ccccc3-c3cccc4sc5ccccc5c34)c3cccc-2c13. The van der Waals surface area contributed by atoms with Crippen molar-refractivity contribution in [2.75, 3.05) is 0 Å². The smallest absolute Gasteiger partial charge is 0.0361 e. The lowest BCUT2D eigenvalue weighted by molar-refractivity contribution is 1.40. The molecular formula is C34H20S2. The van der Waals surface area contributed by atoms with Gasteiger partial charge in [-0.15, -0.1) is 11.3 Å². The van der Waals surface area contributed by atoms with Crippen LogP contribution in [0.5, 0.6) is 0 Å². The highest BCUT2D eigenvalue weighted by Gasteiger charge is 2.21. The van der Waals surface area contributed by atoms with Gasteiger partial charge >= 0.3 is 0 Å². The number of benzene rings is 6. The van der Waals surface area contributed by atoms with Gasteiger partial charge in [-0.3, -0.25) is 0 Å². The molecule has 1 aromatic heterocycles. The Hall–Kier alpha value is -3.85. The van der Waals surface area contributed by atoms with Crippen LogP contribution in [0, 0.1) is 0 Å². The summed E-state index contributed by atoms with van der Waals surface area (Å²) in [5, 5.41) is 5.39. The molecular weight excluding hydrogens is 473 g/mol. The van der Waals surface area contributed by atoms with Gasteiger partial charge in [0.15, 0.2) is 0 Å². The molecule has 0 bridgehead atoms. The maximum absolute atomic E-state index is 2.33. The normalized spacial score (nSPS) is 12.3. The van der Waals surface area contributed by atoms with E-state index in [0.717, 1.165) is 0 Å². The molecule has 0 aliphatic carbocycles. The minimum Gasteiger partial charge on any atom is -0.135 e. The first-order chi connectivity index (χ1) is 17.9. The molecule has 2 heterocycles. The number of thiophene rings is 1. The third-order valence-corrected chi connectivity index (χ3v) is 9.58. The molecule has 2 heteroatoms. The average molecular weight is 493 g/mol. The summed E-state index contributed by atoms with van der Waals surface area (Å²) in [6, 6.07) is 44.6. The monoisotopic (exact) mass is 492 g/mol. The summed E-state index contributed by atoms with van der Waals surface area (Å²) < 4.78 is 2.68. The maximum atomic E-state index is 2.33. The Kier molecular flexibility index (Phi) is 4.42. The number of fused-ring (bicyclic) bond motifs is 5. The Balaban J connectivity index is 1.43. The van der Waals surface area contributed by atoms with Crippen molar-refractivity contribution < 1.29 is 0 Å². The van der Waals surface area contributed by atoms with Crippen molar-refractivity contribution >= 4 is 54.0 Å². The molecule has 0 spiro atoms. The van der Waals surface area contributed by atoms with E-state index in [1.807, 2.05) is 23.1 Å². The molecule has 0 fully saturated rings. The molecule has 1 aliphatic heterocycles. The quantitative estimate of drug-likeness (QED) is 0.231. The number of hydrogen-bond donors (Lipinski definition) is 0. The zero-order valence-corrected chi connectivity index (χ0v) is 21.0. The van der Waals surface area contributed by atoms with E-state index in [9.17, 15) is 0 Å². The third kappa shape index (κ3) is 2.89. The Bertz CT molecular complexity index is 1980. The van der Waals surface area contributed by atoms with Crippen LogP contribution >= 0.6 is 23.1 Å². The second-order valence-corrected chi connectivity index (χ2v) is 11.4. The van der Waals surface area contributed by atoms with Crippen molar-refractivity contribution in [3.63, 3.8) is 0 Å². The first kappa shape index (κ1) is 20.4. The summed E-state index contributed by atoms with van der Waals surface area (Å²) in [5.74, 6) is 0. The Labute approximate surface area is 217 Å². The largest absolute Gasteiger partial charge is 0.135 e. The number of hydrogen-bond acceptors (Lipinski definition) is 2. The van der Waals surface area contributed by atoms with E-state index in [2.05, 4.69) is 121 Å². The van der Waals surface area contributed by atoms with Gasteiger partial charge in [0.2, 0.25) is 0 Å². The molecule has 168 valence electrons. The summed E-state index contributed by atoms with van der Waals surface area (Å²) in [6.07, 6.45) is 0. The van der Waals surface area contributed by atoms with Gasteiger partial charge < -0.3 is 0 Å². The lowest BCUT2D eigenvalue weighted by Gasteiger charge is -2.22. The second kappa shape index (κ2) is 7.83. The fraction of sp³-hybridized carbons (Fsp3) is 0.